The molecular formula is C17H14Cl2N2O3S. The Balaban J connectivity index is 1.56. The van der Waals surface area contributed by atoms with Crippen molar-refractivity contribution >= 4 is 46.7 Å². The molecule has 1 saturated heterocycles. The van der Waals surface area contributed by atoms with Crippen LogP contribution in [0.3, 0.4) is 0 Å². The molecule has 1 fully saturated rings. The number of carbonyl (C=O) groups excluding carboxylic acids is 1. The molecule has 2 aliphatic rings. The summed E-state index contributed by atoms with van der Waals surface area (Å²) < 4.78 is 10.8. The van der Waals surface area contributed by atoms with E-state index in [-0.39, 0.29) is 18.2 Å². The van der Waals surface area contributed by atoms with E-state index in [1.807, 2.05) is 18.2 Å². The maximum absolute atomic E-state index is 12.8. The number of amides is 2. The predicted octanol–water partition coefficient (Wildman–Crippen LogP) is 5.00. The topological polar surface area (TPSA) is 50.8 Å². The van der Waals surface area contributed by atoms with Gasteiger partial charge in [-0.1, -0.05) is 35.3 Å². The van der Waals surface area contributed by atoms with Crippen LogP contribution in [0.5, 0.6) is 11.5 Å². The van der Waals surface area contributed by atoms with Crippen LogP contribution in [-0.2, 0) is 0 Å². The maximum Gasteiger partial charge on any atom is 0.323 e. The highest BCUT2D eigenvalue weighted by molar-refractivity contribution is 7.99. The number of anilines is 1. The van der Waals surface area contributed by atoms with Gasteiger partial charge in [0.2, 0.25) is 6.79 Å². The number of hydrogen-bond acceptors (Lipinski definition) is 4. The van der Waals surface area contributed by atoms with Crippen LogP contribution in [0.4, 0.5) is 10.5 Å². The smallest absolute Gasteiger partial charge is 0.323 e. The molecule has 0 aromatic heterocycles. The lowest BCUT2D eigenvalue weighted by molar-refractivity contribution is 0.174. The molecule has 1 N–H and O–H groups in total. The summed E-state index contributed by atoms with van der Waals surface area (Å²) in [6, 6.07) is 10.6. The Morgan fingerprint density at radius 1 is 1.16 bits per heavy atom. The first-order valence-corrected chi connectivity index (χ1v) is 9.47. The van der Waals surface area contributed by atoms with Crippen LogP contribution in [0.25, 0.3) is 0 Å². The van der Waals surface area contributed by atoms with Crippen molar-refractivity contribution in [2.75, 3.05) is 24.4 Å². The first-order valence-electron chi connectivity index (χ1n) is 7.66. The van der Waals surface area contributed by atoms with E-state index in [1.54, 1.807) is 34.9 Å². The fourth-order valence-corrected chi connectivity index (χ4v) is 4.55. The number of hydrogen-bond donors (Lipinski definition) is 1. The Bertz CT molecular complexity index is 813. The van der Waals surface area contributed by atoms with Crippen LogP contribution in [-0.4, -0.2) is 30.0 Å². The molecule has 2 heterocycles. The number of nitrogens with one attached hydrogen (secondary N) is 1. The number of rotatable bonds is 2. The molecule has 5 nitrogen and oxygen atoms in total. The van der Waals surface area contributed by atoms with E-state index in [2.05, 4.69) is 5.32 Å². The van der Waals surface area contributed by atoms with E-state index >= 15 is 0 Å². The molecular weight excluding hydrogens is 383 g/mol. The molecule has 0 spiro atoms. The minimum Gasteiger partial charge on any atom is -0.454 e. The van der Waals surface area contributed by atoms with Crippen molar-refractivity contribution in [2.24, 2.45) is 0 Å². The molecule has 8 heteroatoms. The second kappa shape index (κ2) is 6.86. The molecule has 130 valence electrons. The monoisotopic (exact) mass is 396 g/mol. The van der Waals surface area contributed by atoms with Crippen molar-refractivity contribution in [3.05, 3.63) is 52.0 Å². The molecule has 2 aliphatic heterocycles. The van der Waals surface area contributed by atoms with E-state index in [9.17, 15) is 4.79 Å². The lowest BCUT2D eigenvalue weighted by Gasteiger charge is -2.25. The second-order valence-corrected chi connectivity index (χ2v) is 7.56. The highest BCUT2D eigenvalue weighted by Gasteiger charge is 2.32. The van der Waals surface area contributed by atoms with Crippen LogP contribution >= 0.6 is 35.0 Å². The number of thioether (sulfide) groups is 1. The van der Waals surface area contributed by atoms with Gasteiger partial charge in [-0.2, -0.15) is 0 Å². The molecule has 25 heavy (non-hydrogen) atoms. The standard InChI is InChI=1S/C17H14Cl2N2O3S/c18-11-2-1-3-12(19)15(11)20-17(22)21-6-7-25-16(21)10-4-5-13-14(8-10)24-9-23-13/h1-5,8,16H,6-7,9H2,(H,20,22)/t16-/m1/s1. The Kier molecular flexibility index (Phi) is 4.58. The third-order valence-electron chi connectivity index (χ3n) is 4.03. The Morgan fingerprint density at radius 2 is 1.92 bits per heavy atom. The minimum absolute atomic E-state index is 0.101. The van der Waals surface area contributed by atoms with Crippen molar-refractivity contribution in [3.8, 4) is 11.5 Å². The number of carbonyl (C=O) groups is 1. The molecule has 0 radical (unpaired) electrons. The van der Waals surface area contributed by atoms with Gasteiger partial charge in [-0.15, -0.1) is 11.8 Å². The summed E-state index contributed by atoms with van der Waals surface area (Å²) >= 11 is 14.0. The fourth-order valence-electron chi connectivity index (χ4n) is 2.82. The summed E-state index contributed by atoms with van der Waals surface area (Å²) in [5.74, 6) is 2.29. The zero-order chi connectivity index (χ0) is 17.4. The number of benzene rings is 2. The predicted molar refractivity (Wildman–Crippen MR) is 100.0 cm³/mol. The number of fused-ring (bicyclic) bond motifs is 1. The summed E-state index contributed by atoms with van der Waals surface area (Å²) in [5.41, 5.74) is 1.42. The lowest BCUT2D eigenvalue weighted by atomic mass is 10.2. The minimum atomic E-state index is -0.234. The van der Waals surface area contributed by atoms with Gasteiger partial charge in [0.15, 0.2) is 11.5 Å². The molecule has 2 aromatic rings. The molecule has 0 bridgehead atoms. The van der Waals surface area contributed by atoms with Crippen LogP contribution in [0.2, 0.25) is 10.0 Å². The second-order valence-electron chi connectivity index (χ2n) is 5.56. The van der Waals surface area contributed by atoms with Crippen LogP contribution in [0.1, 0.15) is 10.9 Å². The van der Waals surface area contributed by atoms with E-state index in [1.165, 1.54) is 0 Å². The van der Waals surface area contributed by atoms with Gasteiger partial charge in [0.25, 0.3) is 0 Å². The molecule has 4 rings (SSSR count). The zero-order valence-corrected chi connectivity index (χ0v) is 15.3. The molecule has 0 saturated carbocycles. The van der Waals surface area contributed by atoms with E-state index in [0.29, 0.717) is 28.0 Å². The fraction of sp³-hybridized carbons (Fsp3) is 0.235. The van der Waals surface area contributed by atoms with Gasteiger partial charge < -0.3 is 19.7 Å². The molecule has 0 unspecified atom stereocenters. The van der Waals surface area contributed by atoms with Crippen molar-refractivity contribution in [1.82, 2.24) is 4.90 Å². The summed E-state index contributed by atoms with van der Waals surface area (Å²) in [6.45, 7) is 0.865. The summed E-state index contributed by atoms with van der Waals surface area (Å²) in [6.07, 6.45) is 0. The number of ether oxygens (including phenoxy) is 2. The zero-order valence-electron chi connectivity index (χ0n) is 13.0. The van der Waals surface area contributed by atoms with Crippen molar-refractivity contribution in [2.45, 2.75) is 5.37 Å². The highest BCUT2D eigenvalue weighted by atomic mass is 35.5. The van der Waals surface area contributed by atoms with Crippen molar-refractivity contribution < 1.29 is 14.3 Å². The van der Waals surface area contributed by atoms with Gasteiger partial charge in [0.1, 0.15) is 5.37 Å². The van der Waals surface area contributed by atoms with Gasteiger partial charge >= 0.3 is 6.03 Å². The average molecular weight is 397 g/mol. The first-order chi connectivity index (χ1) is 12.1. The molecule has 2 aromatic carbocycles. The quantitative estimate of drug-likeness (QED) is 0.775. The largest absolute Gasteiger partial charge is 0.454 e. The van der Waals surface area contributed by atoms with E-state index < -0.39 is 0 Å². The van der Waals surface area contributed by atoms with E-state index in [0.717, 1.165) is 17.1 Å². The van der Waals surface area contributed by atoms with Gasteiger partial charge in [-0.3, -0.25) is 0 Å². The van der Waals surface area contributed by atoms with E-state index in [4.69, 9.17) is 32.7 Å². The van der Waals surface area contributed by atoms with Gasteiger partial charge in [0.05, 0.1) is 15.7 Å². The number of halogens is 2. The van der Waals surface area contributed by atoms with Gasteiger partial charge in [0, 0.05) is 12.3 Å². The maximum atomic E-state index is 12.8. The summed E-state index contributed by atoms with van der Waals surface area (Å²) in [4.78, 5) is 14.5. The van der Waals surface area contributed by atoms with Crippen LogP contribution in [0.15, 0.2) is 36.4 Å². The SMILES string of the molecule is O=C(Nc1c(Cl)cccc1Cl)N1CCS[C@@H]1c1ccc2c(c1)OCO2. The van der Waals surface area contributed by atoms with Gasteiger partial charge in [-0.25, -0.2) is 4.79 Å². The average Bonchev–Trinajstić information content (AvgIpc) is 3.26. The van der Waals surface area contributed by atoms with Crippen LogP contribution in [0, 0.1) is 0 Å². The van der Waals surface area contributed by atoms with Gasteiger partial charge in [-0.05, 0) is 29.8 Å². The van der Waals surface area contributed by atoms with Crippen molar-refractivity contribution in [3.63, 3.8) is 0 Å². The van der Waals surface area contributed by atoms with Crippen LogP contribution < -0.4 is 14.8 Å². The molecule has 1 atom stereocenters. The normalized spacial score (nSPS) is 18.5. The third-order valence-corrected chi connectivity index (χ3v) is 5.92. The summed E-state index contributed by atoms with van der Waals surface area (Å²) in [7, 11) is 0. The highest BCUT2D eigenvalue weighted by Crippen LogP contribution is 2.42. The Hall–Kier alpha value is -1.76. The Morgan fingerprint density at radius 3 is 2.72 bits per heavy atom. The van der Waals surface area contributed by atoms with Crippen molar-refractivity contribution in [1.29, 1.82) is 0 Å². The number of nitrogens with zero attached hydrogens (tertiary/aromatic N) is 1. The third kappa shape index (κ3) is 3.21. The summed E-state index contributed by atoms with van der Waals surface area (Å²) in [5, 5.41) is 3.54. The molecule has 2 amide bonds. The lowest BCUT2D eigenvalue weighted by Crippen LogP contribution is -2.34. The Labute approximate surface area is 159 Å². The molecule has 0 aliphatic carbocycles. The number of para-hydroxylation sites is 1. The first kappa shape index (κ1) is 16.7. The number of urea groups is 1.